The fraction of sp³-hybridized carbons (Fsp3) is 0.455. The Kier molecular flexibility index (Phi) is 6.17. The summed E-state index contributed by atoms with van der Waals surface area (Å²) in [5.41, 5.74) is 0.0592. The molecule has 0 aliphatic heterocycles. The maximum Gasteiger partial charge on any atom is 0.405 e. The third kappa shape index (κ3) is 5.00. The summed E-state index contributed by atoms with van der Waals surface area (Å²) in [7, 11) is 0. The van der Waals surface area contributed by atoms with E-state index in [9.17, 15) is 18.0 Å². The van der Waals surface area contributed by atoms with Crippen LogP contribution in [-0.4, -0.2) is 43.7 Å². The smallest absolute Gasteiger partial charge is 0.356 e. The lowest BCUT2D eigenvalue weighted by molar-refractivity contribution is -0.140. The molecule has 1 amide bonds. The first-order chi connectivity index (χ1) is 14.8. The van der Waals surface area contributed by atoms with Gasteiger partial charge < -0.3 is 15.2 Å². The summed E-state index contributed by atoms with van der Waals surface area (Å²) >= 11 is 0. The number of nitrogens with one attached hydrogen (secondary N) is 2. The van der Waals surface area contributed by atoms with Crippen molar-refractivity contribution in [2.24, 2.45) is 0 Å². The maximum absolute atomic E-state index is 12.5. The van der Waals surface area contributed by atoms with Crippen molar-refractivity contribution in [3.63, 3.8) is 0 Å². The average molecular weight is 448 g/mol. The molecule has 0 unspecified atom stereocenters. The van der Waals surface area contributed by atoms with Crippen LogP contribution in [0.1, 0.15) is 41.0 Å². The van der Waals surface area contributed by atoms with Crippen LogP contribution in [-0.2, 0) is 10.3 Å². The van der Waals surface area contributed by atoms with E-state index in [-0.39, 0.29) is 12.0 Å². The number of nitrogens with zero attached hydrogens (tertiary/aromatic N) is 4. The molecule has 3 aromatic rings. The number of anilines is 1. The van der Waals surface area contributed by atoms with E-state index in [0.717, 1.165) is 16.6 Å². The van der Waals surface area contributed by atoms with Crippen LogP contribution >= 0.6 is 0 Å². The summed E-state index contributed by atoms with van der Waals surface area (Å²) in [6.45, 7) is 8.06. The number of hydrogen-bond acceptors (Lipinski definition) is 5. The van der Waals surface area contributed by atoms with Crippen LogP contribution in [0.5, 0.6) is 0 Å². The summed E-state index contributed by atoms with van der Waals surface area (Å²) in [5, 5.41) is 5.80. The number of carbonyl (C=O) groups is 1. The Morgan fingerprint density at radius 1 is 1.09 bits per heavy atom. The second kappa shape index (κ2) is 8.40. The van der Waals surface area contributed by atoms with Crippen LogP contribution in [0.2, 0.25) is 0 Å². The average Bonchev–Trinajstić information content (AvgIpc) is 3.12. The van der Waals surface area contributed by atoms with Crippen molar-refractivity contribution >= 4 is 22.8 Å². The lowest BCUT2D eigenvalue weighted by Gasteiger charge is -2.29. The van der Waals surface area contributed by atoms with Crippen molar-refractivity contribution in [3.8, 4) is 11.4 Å². The molecule has 10 heteroatoms. The number of carbonyl (C=O) groups excluding carboxylic acids is 1. The molecule has 0 saturated heterocycles. The predicted octanol–water partition coefficient (Wildman–Crippen LogP) is 4.51. The van der Waals surface area contributed by atoms with Gasteiger partial charge >= 0.3 is 6.18 Å². The molecule has 0 fully saturated rings. The van der Waals surface area contributed by atoms with Crippen molar-refractivity contribution in [1.29, 1.82) is 0 Å². The van der Waals surface area contributed by atoms with Crippen LogP contribution in [0.15, 0.2) is 36.8 Å². The molecule has 0 radical (unpaired) electrons. The Morgan fingerprint density at radius 3 is 2.44 bits per heavy atom. The van der Waals surface area contributed by atoms with Gasteiger partial charge in [-0.05, 0) is 52.3 Å². The number of rotatable bonds is 6. The van der Waals surface area contributed by atoms with E-state index in [1.807, 2.05) is 28.2 Å². The van der Waals surface area contributed by atoms with Gasteiger partial charge in [0.05, 0.1) is 0 Å². The van der Waals surface area contributed by atoms with Crippen molar-refractivity contribution in [2.75, 3.05) is 11.9 Å². The molecular formula is C22H27F3N6O. The van der Waals surface area contributed by atoms with Gasteiger partial charge in [0.1, 0.15) is 23.5 Å². The summed E-state index contributed by atoms with van der Waals surface area (Å²) in [4.78, 5) is 25.9. The Balaban J connectivity index is 1.95. The zero-order chi connectivity index (χ0) is 23.7. The third-order valence-corrected chi connectivity index (χ3v) is 5.24. The molecule has 0 aliphatic carbocycles. The zero-order valence-electron chi connectivity index (χ0n) is 18.7. The van der Waals surface area contributed by atoms with Gasteiger partial charge in [0.2, 0.25) is 5.91 Å². The molecular weight excluding hydrogens is 421 g/mol. The minimum absolute atomic E-state index is 0.224. The number of pyridine rings is 1. The molecule has 7 nitrogen and oxygen atoms in total. The first-order valence-electron chi connectivity index (χ1n) is 10.3. The SMILES string of the molecule is CC[C@](C)(Nc1ccnc(-c2cn(C(C)(C)C)c3ncccc23)n1)C(=O)NCC(F)(F)F. The molecule has 0 aromatic carbocycles. The van der Waals surface area contributed by atoms with Crippen LogP contribution in [0.4, 0.5) is 19.0 Å². The maximum atomic E-state index is 12.5. The minimum Gasteiger partial charge on any atom is -0.356 e. The highest BCUT2D eigenvalue weighted by Crippen LogP contribution is 2.32. The number of aromatic nitrogens is 4. The Labute approximate surface area is 184 Å². The molecule has 0 spiro atoms. The van der Waals surface area contributed by atoms with Gasteiger partial charge in [0.25, 0.3) is 0 Å². The zero-order valence-corrected chi connectivity index (χ0v) is 18.7. The van der Waals surface area contributed by atoms with Crippen LogP contribution in [0.25, 0.3) is 22.4 Å². The highest BCUT2D eigenvalue weighted by molar-refractivity contribution is 5.92. The second-order valence-corrected chi connectivity index (χ2v) is 8.83. The monoisotopic (exact) mass is 448 g/mol. The van der Waals surface area contributed by atoms with Crippen LogP contribution in [0, 0.1) is 0 Å². The standard InChI is InChI=1S/C22H27F3N6O/c1-6-21(5,19(32)28-13-22(23,24)25)30-16-9-11-26-17(29-16)15-12-31(20(2,3)4)18-14(15)8-7-10-27-18/h7-12H,6,13H2,1-5H3,(H,28,32)(H,26,29,30)/t21-/m0/s1. The lowest BCUT2D eigenvalue weighted by atomic mass is 9.97. The van der Waals surface area contributed by atoms with E-state index in [2.05, 4.69) is 41.0 Å². The van der Waals surface area contributed by atoms with Crippen LogP contribution in [0.3, 0.4) is 0 Å². The number of fused-ring (bicyclic) bond motifs is 1. The Bertz CT molecular complexity index is 1120. The topological polar surface area (TPSA) is 84.7 Å². The fourth-order valence-electron chi connectivity index (χ4n) is 3.27. The van der Waals surface area contributed by atoms with Crippen molar-refractivity contribution < 1.29 is 18.0 Å². The number of halogens is 3. The molecule has 1 atom stereocenters. The Morgan fingerprint density at radius 2 is 1.81 bits per heavy atom. The molecule has 172 valence electrons. The molecule has 3 heterocycles. The Hall–Kier alpha value is -3.17. The van der Waals surface area contributed by atoms with E-state index in [4.69, 9.17) is 0 Å². The highest BCUT2D eigenvalue weighted by Gasteiger charge is 2.35. The van der Waals surface area contributed by atoms with Gasteiger partial charge in [-0.1, -0.05) is 6.92 Å². The van der Waals surface area contributed by atoms with E-state index in [0.29, 0.717) is 11.6 Å². The van der Waals surface area contributed by atoms with Gasteiger partial charge in [0.15, 0.2) is 5.82 Å². The van der Waals surface area contributed by atoms with E-state index in [1.165, 1.54) is 6.92 Å². The molecule has 0 aliphatic rings. The fourth-order valence-corrected chi connectivity index (χ4v) is 3.27. The summed E-state index contributed by atoms with van der Waals surface area (Å²) in [5.74, 6) is -0.00164. The number of alkyl halides is 3. The van der Waals surface area contributed by atoms with Gasteiger partial charge in [0, 0.05) is 35.1 Å². The van der Waals surface area contributed by atoms with E-state index >= 15 is 0 Å². The minimum atomic E-state index is -4.48. The first-order valence-corrected chi connectivity index (χ1v) is 10.3. The normalized spacial score (nSPS) is 14.2. The highest BCUT2D eigenvalue weighted by atomic mass is 19.4. The molecule has 3 aromatic heterocycles. The first kappa shape index (κ1) is 23.5. The van der Waals surface area contributed by atoms with Crippen molar-refractivity contribution in [3.05, 3.63) is 36.8 Å². The lowest BCUT2D eigenvalue weighted by Crippen LogP contribution is -2.52. The number of amides is 1. The molecule has 0 bridgehead atoms. The molecule has 3 rings (SSSR count). The summed E-state index contributed by atoms with van der Waals surface area (Å²) < 4.78 is 39.6. The molecule has 2 N–H and O–H groups in total. The summed E-state index contributed by atoms with van der Waals surface area (Å²) in [6.07, 6.45) is 0.973. The van der Waals surface area contributed by atoms with Crippen molar-refractivity contribution in [1.82, 2.24) is 24.8 Å². The summed E-state index contributed by atoms with van der Waals surface area (Å²) in [6, 6.07) is 5.35. The van der Waals surface area contributed by atoms with Gasteiger partial charge in [-0.3, -0.25) is 4.79 Å². The van der Waals surface area contributed by atoms with E-state index < -0.39 is 24.2 Å². The molecule has 32 heavy (non-hydrogen) atoms. The van der Waals surface area contributed by atoms with Gasteiger partial charge in [-0.15, -0.1) is 0 Å². The molecule has 0 saturated carbocycles. The van der Waals surface area contributed by atoms with E-state index in [1.54, 1.807) is 25.4 Å². The van der Waals surface area contributed by atoms with Crippen molar-refractivity contribution in [2.45, 2.75) is 58.3 Å². The third-order valence-electron chi connectivity index (χ3n) is 5.24. The van der Waals surface area contributed by atoms with Gasteiger partial charge in [-0.25, -0.2) is 15.0 Å². The predicted molar refractivity (Wildman–Crippen MR) is 117 cm³/mol. The number of hydrogen-bond donors (Lipinski definition) is 2. The largest absolute Gasteiger partial charge is 0.405 e. The quantitative estimate of drug-likeness (QED) is 0.580. The van der Waals surface area contributed by atoms with Crippen LogP contribution < -0.4 is 10.6 Å². The second-order valence-electron chi connectivity index (χ2n) is 8.83. The van der Waals surface area contributed by atoms with Gasteiger partial charge in [-0.2, -0.15) is 13.2 Å².